The summed E-state index contributed by atoms with van der Waals surface area (Å²) >= 11 is 0. The lowest BCUT2D eigenvalue weighted by atomic mass is 10.1. The molecule has 0 aliphatic carbocycles. The van der Waals surface area contributed by atoms with Crippen molar-refractivity contribution in [1.82, 2.24) is 14.3 Å². The summed E-state index contributed by atoms with van der Waals surface area (Å²) < 4.78 is 37.8. The fraction of sp³-hybridized carbons (Fsp3) is 0.217. The molecule has 0 atom stereocenters. The number of ether oxygens (including phenoxy) is 2. The number of benzene rings is 2. The molecule has 1 fully saturated rings. The van der Waals surface area contributed by atoms with Crippen LogP contribution in [0.5, 0.6) is 0 Å². The van der Waals surface area contributed by atoms with Crippen molar-refractivity contribution in [2.75, 3.05) is 33.4 Å². The Hall–Kier alpha value is -3.27. The molecule has 5 rings (SSSR count). The Labute approximate surface area is 184 Å². The normalized spacial score (nSPS) is 15.3. The summed E-state index contributed by atoms with van der Waals surface area (Å²) in [6, 6.07) is 16.1. The number of hydrogen-bond donors (Lipinski definition) is 1. The maximum Gasteiger partial charge on any atom is 0.340 e. The molecule has 9 heteroatoms. The number of aromatic amines is 1. The Morgan fingerprint density at radius 3 is 2.56 bits per heavy atom. The van der Waals surface area contributed by atoms with Crippen LogP contribution in [0, 0.1) is 0 Å². The number of nitrogens with one attached hydrogen (secondary N) is 1. The Morgan fingerprint density at radius 2 is 1.84 bits per heavy atom. The Bertz CT molecular complexity index is 1420. The second-order valence-corrected chi connectivity index (χ2v) is 9.42. The lowest BCUT2D eigenvalue weighted by Crippen LogP contribution is -2.40. The van der Waals surface area contributed by atoms with Gasteiger partial charge in [-0.05, 0) is 24.3 Å². The number of esters is 1. The summed E-state index contributed by atoms with van der Waals surface area (Å²) in [6.07, 6.45) is 0. The quantitative estimate of drug-likeness (QED) is 0.478. The third kappa shape index (κ3) is 3.44. The van der Waals surface area contributed by atoms with Crippen molar-refractivity contribution in [3.8, 4) is 11.3 Å². The van der Waals surface area contributed by atoms with E-state index in [0.717, 1.165) is 10.9 Å². The van der Waals surface area contributed by atoms with Crippen LogP contribution in [0.15, 0.2) is 59.5 Å². The smallest absolute Gasteiger partial charge is 0.340 e. The summed E-state index contributed by atoms with van der Waals surface area (Å²) in [6.45, 7) is 1.40. The molecule has 0 amide bonds. The largest absolute Gasteiger partial charge is 0.465 e. The number of morpholine rings is 1. The minimum absolute atomic E-state index is 0.182. The topological polar surface area (TPSA) is 102 Å². The van der Waals surface area contributed by atoms with E-state index in [1.807, 2.05) is 30.3 Å². The molecule has 8 nitrogen and oxygen atoms in total. The van der Waals surface area contributed by atoms with Gasteiger partial charge < -0.3 is 14.5 Å². The van der Waals surface area contributed by atoms with Crippen LogP contribution in [0.1, 0.15) is 10.4 Å². The molecule has 2 aromatic heterocycles. The molecule has 1 N–H and O–H groups in total. The molecular weight excluding hydrogens is 430 g/mol. The summed E-state index contributed by atoms with van der Waals surface area (Å²) in [5, 5.41) is 0.726. The second kappa shape index (κ2) is 8.01. The van der Waals surface area contributed by atoms with E-state index < -0.39 is 16.0 Å². The van der Waals surface area contributed by atoms with Crippen molar-refractivity contribution in [2.45, 2.75) is 4.90 Å². The van der Waals surface area contributed by atoms with Crippen LogP contribution in [0.3, 0.4) is 0 Å². The number of aromatic nitrogens is 2. The van der Waals surface area contributed by atoms with E-state index >= 15 is 0 Å². The number of nitrogens with zero attached hydrogens (tertiary/aromatic N) is 2. The zero-order valence-corrected chi connectivity index (χ0v) is 18.2. The molecule has 0 unspecified atom stereocenters. The first-order chi connectivity index (χ1) is 15.5. The standard InChI is InChI=1S/C23H21N3O5S/c1-30-23(27)18-14-19(15-5-3-2-4-6-15)24-21-17-8-7-16(13-20(17)25-22(18)21)32(28,29)26-9-11-31-12-10-26/h2-8,13-14,25H,9-12H2,1H3. The van der Waals surface area contributed by atoms with Crippen LogP contribution >= 0.6 is 0 Å². The molecule has 1 saturated heterocycles. The van der Waals surface area contributed by atoms with E-state index in [0.29, 0.717) is 54.1 Å². The summed E-state index contributed by atoms with van der Waals surface area (Å²) in [7, 11) is -2.33. The fourth-order valence-corrected chi connectivity index (χ4v) is 5.39. The zero-order valence-electron chi connectivity index (χ0n) is 17.4. The third-order valence-corrected chi connectivity index (χ3v) is 7.50. The van der Waals surface area contributed by atoms with E-state index in [1.165, 1.54) is 11.4 Å². The van der Waals surface area contributed by atoms with Gasteiger partial charge in [0.2, 0.25) is 10.0 Å². The highest BCUT2D eigenvalue weighted by Gasteiger charge is 2.27. The number of pyridine rings is 1. The van der Waals surface area contributed by atoms with Crippen LogP contribution in [0.4, 0.5) is 0 Å². The average Bonchev–Trinajstić information content (AvgIpc) is 3.22. The predicted molar refractivity (Wildman–Crippen MR) is 120 cm³/mol. The van der Waals surface area contributed by atoms with Crippen molar-refractivity contribution in [1.29, 1.82) is 0 Å². The number of carbonyl (C=O) groups is 1. The number of rotatable bonds is 4. The van der Waals surface area contributed by atoms with Crippen molar-refractivity contribution in [3.05, 3.63) is 60.2 Å². The molecule has 0 radical (unpaired) electrons. The van der Waals surface area contributed by atoms with Crippen LogP contribution in [-0.4, -0.2) is 62.1 Å². The summed E-state index contributed by atoms with van der Waals surface area (Å²) in [5.41, 5.74) is 3.50. The zero-order chi connectivity index (χ0) is 22.3. The first kappa shape index (κ1) is 20.6. The molecule has 3 heterocycles. The molecule has 1 aliphatic heterocycles. The first-order valence-corrected chi connectivity index (χ1v) is 11.6. The summed E-state index contributed by atoms with van der Waals surface area (Å²) in [4.78, 5) is 20.7. The lowest BCUT2D eigenvalue weighted by Gasteiger charge is -2.26. The van der Waals surface area contributed by atoms with Gasteiger partial charge in [-0.1, -0.05) is 30.3 Å². The minimum Gasteiger partial charge on any atom is -0.465 e. The van der Waals surface area contributed by atoms with Gasteiger partial charge in [-0.2, -0.15) is 4.31 Å². The van der Waals surface area contributed by atoms with Crippen molar-refractivity contribution in [3.63, 3.8) is 0 Å². The number of methoxy groups -OCH3 is 1. The number of fused-ring (bicyclic) bond motifs is 3. The van der Waals surface area contributed by atoms with Crippen molar-refractivity contribution in [2.24, 2.45) is 0 Å². The fourth-order valence-electron chi connectivity index (χ4n) is 3.96. The Kier molecular flexibility index (Phi) is 5.16. The van der Waals surface area contributed by atoms with E-state index in [1.54, 1.807) is 24.3 Å². The lowest BCUT2D eigenvalue weighted by molar-refractivity contribution is 0.0602. The number of hydrogen-bond acceptors (Lipinski definition) is 6. The summed E-state index contributed by atoms with van der Waals surface area (Å²) in [5.74, 6) is -0.498. The van der Waals surface area contributed by atoms with Crippen LogP contribution < -0.4 is 0 Å². The van der Waals surface area contributed by atoms with Gasteiger partial charge >= 0.3 is 5.97 Å². The molecular formula is C23H21N3O5S. The van der Waals surface area contributed by atoms with Gasteiger partial charge in [0.05, 0.1) is 47.5 Å². The van der Waals surface area contributed by atoms with Crippen LogP contribution in [-0.2, 0) is 19.5 Å². The first-order valence-electron chi connectivity index (χ1n) is 10.2. The van der Waals surface area contributed by atoms with Gasteiger partial charge in [0.25, 0.3) is 0 Å². The Morgan fingerprint density at radius 1 is 1.09 bits per heavy atom. The minimum atomic E-state index is -3.65. The van der Waals surface area contributed by atoms with E-state index in [9.17, 15) is 13.2 Å². The van der Waals surface area contributed by atoms with E-state index in [4.69, 9.17) is 14.5 Å². The molecule has 0 saturated carbocycles. The Balaban J connectivity index is 1.70. The highest BCUT2D eigenvalue weighted by Crippen LogP contribution is 2.32. The van der Waals surface area contributed by atoms with Gasteiger partial charge in [-0.25, -0.2) is 18.2 Å². The number of H-pyrrole nitrogens is 1. The molecule has 4 aromatic rings. The SMILES string of the molecule is COC(=O)c1cc(-c2ccccc2)nc2c1[nH]c1cc(S(=O)(=O)N3CCOCC3)ccc12. The maximum atomic E-state index is 13.1. The number of carbonyl (C=O) groups excluding carboxylic acids is 1. The third-order valence-electron chi connectivity index (χ3n) is 5.61. The highest BCUT2D eigenvalue weighted by molar-refractivity contribution is 7.89. The molecule has 1 aliphatic rings. The van der Waals surface area contributed by atoms with E-state index in [2.05, 4.69) is 4.98 Å². The second-order valence-electron chi connectivity index (χ2n) is 7.49. The van der Waals surface area contributed by atoms with Gasteiger partial charge in [0, 0.05) is 29.6 Å². The molecule has 164 valence electrons. The maximum absolute atomic E-state index is 13.1. The predicted octanol–water partition coefficient (Wildman–Crippen LogP) is 3.19. The van der Waals surface area contributed by atoms with Gasteiger partial charge in [-0.3, -0.25) is 0 Å². The van der Waals surface area contributed by atoms with E-state index in [-0.39, 0.29) is 4.90 Å². The van der Waals surface area contributed by atoms with Gasteiger partial charge in [0.1, 0.15) is 0 Å². The van der Waals surface area contributed by atoms with Gasteiger partial charge in [0.15, 0.2) is 0 Å². The van der Waals surface area contributed by atoms with Gasteiger partial charge in [-0.15, -0.1) is 0 Å². The monoisotopic (exact) mass is 451 g/mol. The average molecular weight is 452 g/mol. The molecule has 0 bridgehead atoms. The van der Waals surface area contributed by atoms with Crippen LogP contribution in [0.25, 0.3) is 33.2 Å². The number of sulfonamides is 1. The highest BCUT2D eigenvalue weighted by atomic mass is 32.2. The molecule has 32 heavy (non-hydrogen) atoms. The molecule has 0 spiro atoms. The molecule has 2 aromatic carbocycles. The van der Waals surface area contributed by atoms with Crippen molar-refractivity contribution < 1.29 is 22.7 Å². The van der Waals surface area contributed by atoms with Crippen molar-refractivity contribution >= 4 is 37.9 Å². The van der Waals surface area contributed by atoms with Crippen LogP contribution in [0.2, 0.25) is 0 Å².